The van der Waals surface area contributed by atoms with Crippen LogP contribution in [0.1, 0.15) is 5.56 Å². The highest BCUT2D eigenvalue weighted by molar-refractivity contribution is 5.80. The Kier molecular flexibility index (Phi) is 1.98. The van der Waals surface area contributed by atoms with E-state index in [1.807, 2.05) is 0 Å². The zero-order chi connectivity index (χ0) is 10.1. The van der Waals surface area contributed by atoms with Crippen molar-refractivity contribution in [3.05, 3.63) is 40.2 Å². The molecule has 2 aromatic rings. The van der Waals surface area contributed by atoms with Gasteiger partial charge in [0.2, 0.25) is 0 Å². The molecule has 0 aliphatic rings. The molecular weight excluding hydrogens is 180 g/mol. The first-order valence-corrected chi connectivity index (χ1v) is 4.23. The molecule has 0 amide bonds. The molecule has 0 spiro atoms. The van der Waals surface area contributed by atoms with Crippen LogP contribution in [0.15, 0.2) is 33.5 Å². The molecule has 0 aliphatic heterocycles. The summed E-state index contributed by atoms with van der Waals surface area (Å²) >= 11 is 0. The van der Waals surface area contributed by atoms with E-state index in [1.54, 1.807) is 24.3 Å². The van der Waals surface area contributed by atoms with Gasteiger partial charge < -0.3 is 15.9 Å². The lowest BCUT2D eigenvalue weighted by atomic mass is 10.2. The van der Waals surface area contributed by atoms with Gasteiger partial charge >= 0.3 is 5.63 Å². The summed E-state index contributed by atoms with van der Waals surface area (Å²) in [5.41, 5.74) is 12.1. The summed E-state index contributed by atoms with van der Waals surface area (Å²) in [6, 6.07) is 6.90. The van der Waals surface area contributed by atoms with Crippen molar-refractivity contribution in [3.63, 3.8) is 0 Å². The summed E-state index contributed by atoms with van der Waals surface area (Å²) in [6.07, 6.45) is 0. The Morgan fingerprint density at radius 3 is 2.79 bits per heavy atom. The number of fused-ring (bicyclic) bond motifs is 1. The fraction of sp³-hybridized carbons (Fsp3) is 0.100. The summed E-state index contributed by atoms with van der Waals surface area (Å²) in [5.74, 6) is 0. The number of nitrogens with two attached hydrogens (primary N) is 2. The largest absolute Gasteiger partial charge is 0.422 e. The SMILES string of the molecule is NCc1cc2ccc(N)cc2oc1=O. The molecule has 1 aromatic carbocycles. The average molecular weight is 190 g/mol. The zero-order valence-corrected chi connectivity index (χ0v) is 7.49. The highest BCUT2D eigenvalue weighted by atomic mass is 16.4. The highest BCUT2D eigenvalue weighted by Crippen LogP contribution is 2.16. The minimum Gasteiger partial charge on any atom is -0.422 e. The van der Waals surface area contributed by atoms with Gasteiger partial charge in [-0.15, -0.1) is 0 Å². The van der Waals surface area contributed by atoms with Crippen LogP contribution in [0, 0.1) is 0 Å². The fourth-order valence-corrected chi connectivity index (χ4v) is 1.31. The molecule has 0 saturated heterocycles. The molecule has 4 N–H and O–H groups in total. The van der Waals surface area contributed by atoms with Gasteiger partial charge in [-0.3, -0.25) is 0 Å². The molecule has 0 aliphatic carbocycles. The van der Waals surface area contributed by atoms with E-state index in [2.05, 4.69) is 0 Å². The predicted molar refractivity (Wildman–Crippen MR) is 54.8 cm³/mol. The Labute approximate surface area is 80.1 Å². The van der Waals surface area contributed by atoms with E-state index in [-0.39, 0.29) is 6.54 Å². The minimum absolute atomic E-state index is 0.183. The maximum absolute atomic E-state index is 11.3. The molecule has 4 nitrogen and oxygen atoms in total. The molecule has 1 heterocycles. The molecule has 0 unspecified atom stereocenters. The van der Waals surface area contributed by atoms with Gasteiger partial charge in [0.1, 0.15) is 5.58 Å². The van der Waals surface area contributed by atoms with Crippen LogP contribution in [0.5, 0.6) is 0 Å². The summed E-state index contributed by atoms with van der Waals surface area (Å²) in [4.78, 5) is 11.3. The Hall–Kier alpha value is -1.81. The van der Waals surface area contributed by atoms with Crippen LogP contribution in [-0.2, 0) is 6.54 Å². The standard InChI is InChI=1S/C10H10N2O2/c11-5-7-3-6-1-2-8(12)4-9(6)14-10(7)13/h1-4H,5,11-12H2. The van der Waals surface area contributed by atoms with Crippen molar-refractivity contribution in [2.24, 2.45) is 5.73 Å². The number of nitrogen functional groups attached to an aromatic ring is 1. The first kappa shape index (κ1) is 8.77. The second-order valence-electron chi connectivity index (χ2n) is 3.06. The Bertz CT molecular complexity index is 531. The molecule has 0 atom stereocenters. The van der Waals surface area contributed by atoms with E-state index in [0.29, 0.717) is 16.8 Å². The first-order valence-electron chi connectivity index (χ1n) is 4.23. The van der Waals surface area contributed by atoms with Gasteiger partial charge in [-0.25, -0.2) is 4.79 Å². The van der Waals surface area contributed by atoms with Crippen molar-refractivity contribution in [1.82, 2.24) is 0 Å². The van der Waals surface area contributed by atoms with Crippen molar-refractivity contribution in [1.29, 1.82) is 0 Å². The third-order valence-electron chi connectivity index (χ3n) is 2.05. The second kappa shape index (κ2) is 3.16. The molecule has 0 radical (unpaired) electrons. The van der Waals surface area contributed by atoms with Gasteiger partial charge in [0.25, 0.3) is 0 Å². The number of benzene rings is 1. The molecule has 0 saturated carbocycles. The van der Waals surface area contributed by atoms with Crippen molar-refractivity contribution < 1.29 is 4.42 Å². The van der Waals surface area contributed by atoms with E-state index >= 15 is 0 Å². The van der Waals surface area contributed by atoms with Gasteiger partial charge in [-0.1, -0.05) is 0 Å². The topological polar surface area (TPSA) is 82.2 Å². The normalized spacial score (nSPS) is 10.6. The maximum Gasteiger partial charge on any atom is 0.340 e. The third-order valence-corrected chi connectivity index (χ3v) is 2.05. The molecule has 72 valence electrons. The van der Waals surface area contributed by atoms with Gasteiger partial charge in [0.05, 0.1) is 5.56 Å². The van der Waals surface area contributed by atoms with Crippen LogP contribution >= 0.6 is 0 Å². The molecule has 4 heteroatoms. The second-order valence-corrected chi connectivity index (χ2v) is 3.06. The van der Waals surface area contributed by atoms with E-state index < -0.39 is 5.63 Å². The maximum atomic E-state index is 11.3. The van der Waals surface area contributed by atoms with Gasteiger partial charge in [0.15, 0.2) is 0 Å². The molecule has 0 fully saturated rings. The number of hydrogen-bond acceptors (Lipinski definition) is 4. The van der Waals surface area contributed by atoms with Gasteiger partial charge in [-0.2, -0.15) is 0 Å². The van der Waals surface area contributed by atoms with E-state index in [1.165, 1.54) is 0 Å². The van der Waals surface area contributed by atoms with Crippen LogP contribution in [-0.4, -0.2) is 0 Å². The Morgan fingerprint density at radius 1 is 1.29 bits per heavy atom. The quantitative estimate of drug-likeness (QED) is 0.515. The molecule has 0 bridgehead atoms. The summed E-state index contributed by atoms with van der Waals surface area (Å²) in [5, 5.41) is 0.833. The lowest BCUT2D eigenvalue weighted by Gasteiger charge is -2.00. The van der Waals surface area contributed by atoms with Crippen molar-refractivity contribution in [2.45, 2.75) is 6.54 Å². The molecular formula is C10H10N2O2. The lowest BCUT2D eigenvalue weighted by molar-refractivity contribution is 0.551. The van der Waals surface area contributed by atoms with Crippen LogP contribution in [0.2, 0.25) is 0 Å². The smallest absolute Gasteiger partial charge is 0.340 e. The zero-order valence-electron chi connectivity index (χ0n) is 7.49. The van der Waals surface area contributed by atoms with E-state index in [4.69, 9.17) is 15.9 Å². The van der Waals surface area contributed by atoms with Gasteiger partial charge in [0, 0.05) is 23.7 Å². The summed E-state index contributed by atoms with van der Waals surface area (Å²) in [7, 11) is 0. The molecule has 1 aromatic heterocycles. The highest BCUT2D eigenvalue weighted by Gasteiger charge is 2.03. The Balaban J connectivity index is 2.79. The fourth-order valence-electron chi connectivity index (χ4n) is 1.31. The van der Waals surface area contributed by atoms with E-state index in [0.717, 1.165) is 5.39 Å². The van der Waals surface area contributed by atoms with Crippen LogP contribution in [0.4, 0.5) is 5.69 Å². The number of anilines is 1. The monoisotopic (exact) mass is 190 g/mol. The average Bonchev–Trinajstić information content (AvgIpc) is 2.16. The van der Waals surface area contributed by atoms with Crippen molar-refractivity contribution >= 4 is 16.7 Å². The molecule has 14 heavy (non-hydrogen) atoms. The van der Waals surface area contributed by atoms with Crippen molar-refractivity contribution in [3.8, 4) is 0 Å². The number of hydrogen-bond donors (Lipinski definition) is 2. The Morgan fingerprint density at radius 2 is 2.07 bits per heavy atom. The van der Waals surface area contributed by atoms with Crippen molar-refractivity contribution in [2.75, 3.05) is 5.73 Å². The first-order chi connectivity index (χ1) is 6.70. The van der Waals surface area contributed by atoms with E-state index in [9.17, 15) is 4.79 Å². The molecule has 2 rings (SSSR count). The van der Waals surface area contributed by atoms with Crippen LogP contribution in [0.25, 0.3) is 11.0 Å². The predicted octanol–water partition coefficient (Wildman–Crippen LogP) is 0.834. The summed E-state index contributed by atoms with van der Waals surface area (Å²) in [6.45, 7) is 0.183. The van der Waals surface area contributed by atoms with Crippen LogP contribution < -0.4 is 17.1 Å². The third kappa shape index (κ3) is 1.36. The van der Waals surface area contributed by atoms with Crippen LogP contribution in [0.3, 0.4) is 0 Å². The number of rotatable bonds is 1. The van der Waals surface area contributed by atoms with Gasteiger partial charge in [-0.05, 0) is 18.2 Å². The minimum atomic E-state index is -0.398. The summed E-state index contributed by atoms with van der Waals surface area (Å²) < 4.78 is 5.05. The lowest BCUT2D eigenvalue weighted by Crippen LogP contribution is -2.11.